The maximum Gasteiger partial charge on any atom is 0.262 e. The summed E-state index contributed by atoms with van der Waals surface area (Å²) in [7, 11) is 0. The number of hydrogen-bond acceptors (Lipinski definition) is 15. The summed E-state index contributed by atoms with van der Waals surface area (Å²) < 4.78 is 25.0. The van der Waals surface area contributed by atoms with Crippen molar-refractivity contribution in [1.82, 2.24) is 0 Å². The molecule has 8 rings (SSSR count). The van der Waals surface area contributed by atoms with Gasteiger partial charge in [0.2, 0.25) is 12.2 Å². The Bertz CT molecular complexity index is 2290. The first-order valence-electron chi connectivity index (χ1n) is 18.6. The molecule has 4 heterocycles. The number of ketones is 2. The second kappa shape index (κ2) is 15.6. The van der Waals surface area contributed by atoms with Crippen molar-refractivity contribution in [1.29, 1.82) is 5.41 Å². The number of fused-ring (bicyclic) bond motifs is 6. The molecule has 0 spiro atoms. The molecule has 5 aliphatic rings. The number of para-hydroxylation sites is 1. The van der Waals surface area contributed by atoms with Crippen LogP contribution in [0.15, 0.2) is 69.6 Å². The zero-order valence-corrected chi connectivity index (χ0v) is 30.7. The summed E-state index contributed by atoms with van der Waals surface area (Å²) in [6.07, 6.45) is -8.38. The molecular weight excluding hydrogens is 758 g/mol. The molecule has 58 heavy (non-hydrogen) atoms. The van der Waals surface area contributed by atoms with Crippen LogP contribution in [0, 0.1) is 5.41 Å². The summed E-state index contributed by atoms with van der Waals surface area (Å²) in [5, 5.41) is 76.0. The van der Waals surface area contributed by atoms with Gasteiger partial charge < -0.3 is 54.4 Å². The zero-order chi connectivity index (χ0) is 40.9. The lowest BCUT2D eigenvalue weighted by atomic mass is 9.79. The number of carbonyl (C=O) groups excluding carboxylic acids is 3. The summed E-state index contributed by atoms with van der Waals surface area (Å²) in [6, 6.07) is 14.8. The standard InChI is InChI=1S/C40H39N5O13/c41-39-43-36-29(37(53)44-39)42-18-45(36)26-8-4-3-5-21(26)20-10-14-55-17-27-32(51)35(52)40(54,11-13-47)38(57-27)58-33-24(20)15-25-28(34(33)56-16-19(48)9-12-46)31(50)23-7-2-1-6-22(23)30(25)49/h1-8,12,15,19-20,27,32,35,38,47-48,51-52,54H,9-11,13-14,16-18H2,(H2,41,44,53)/t19-,20-,27-,32+,35-,38-,40+/m1/s1. The van der Waals surface area contributed by atoms with Gasteiger partial charge in [-0.3, -0.25) is 15.0 Å². The summed E-state index contributed by atoms with van der Waals surface area (Å²) in [6.45, 7) is -1.51. The van der Waals surface area contributed by atoms with Crippen molar-refractivity contribution in [2.75, 3.05) is 33.1 Å². The van der Waals surface area contributed by atoms with Crippen LogP contribution in [0.3, 0.4) is 0 Å². The van der Waals surface area contributed by atoms with Gasteiger partial charge in [0.1, 0.15) is 36.9 Å². The van der Waals surface area contributed by atoms with Gasteiger partial charge in [0.25, 0.3) is 5.84 Å². The molecule has 0 saturated carbocycles. The van der Waals surface area contributed by atoms with Crippen LogP contribution in [-0.4, -0.2) is 136 Å². The van der Waals surface area contributed by atoms with Crippen LogP contribution in [0.2, 0.25) is 0 Å². The molecule has 1 fully saturated rings. The first-order chi connectivity index (χ1) is 28.0. The Morgan fingerprint density at radius 3 is 2.55 bits per heavy atom. The van der Waals surface area contributed by atoms with E-state index in [0.29, 0.717) is 22.4 Å². The number of aldehydes is 1. The van der Waals surface area contributed by atoms with E-state index in [1.807, 2.05) is 0 Å². The van der Waals surface area contributed by atoms with E-state index in [9.17, 15) is 45.0 Å². The number of guanidine groups is 1. The predicted molar refractivity (Wildman–Crippen MR) is 199 cm³/mol. The van der Waals surface area contributed by atoms with E-state index < -0.39 is 85.3 Å². The lowest BCUT2D eigenvalue weighted by molar-refractivity contribution is -0.723. The van der Waals surface area contributed by atoms with E-state index in [-0.39, 0.29) is 83.6 Å². The highest BCUT2D eigenvalue weighted by atomic mass is 16.7. The number of nitrogens with one attached hydrogen (secondary N) is 2. The number of benzene rings is 3. The molecule has 302 valence electrons. The third-order valence-corrected chi connectivity index (χ3v) is 11.0. The smallest absolute Gasteiger partial charge is 0.262 e. The molecule has 3 aromatic carbocycles. The zero-order valence-electron chi connectivity index (χ0n) is 30.7. The number of ether oxygens (including phenoxy) is 4. The lowest BCUT2D eigenvalue weighted by Gasteiger charge is -2.47. The van der Waals surface area contributed by atoms with Gasteiger partial charge in [-0.15, -0.1) is 0 Å². The first kappa shape index (κ1) is 39.3. The third kappa shape index (κ3) is 6.62. The minimum atomic E-state index is -2.46. The van der Waals surface area contributed by atoms with Crippen LogP contribution in [0.1, 0.15) is 68.2 Å². The number of quaternary nitrogens is 1. The molecule has 1 saturated heterocycles. The third-order valence-electron chi connectivity index (χ3n) is 11.0. The number of aliphatic hydroxyl groups excluding tert-OH is 4. The molecule has 8 atom stereocenters. The van der Waals surface area contributed by atoms with Crippen LogP contribution in [0.25, 0.3) is 0 Å². The quantitative estimate of drug-likeness (QED) is 0.0934. The molecule has 1 aliphatic carbocycles. The lowest BCUT2D eigenvalue weighted by Crippen LogP contribution is -3.09. The van der Waals surface area contributed by atoms with E-state index in [1.165, 1.54) is 18.2 Å². The van der Waals surface area contributed by atoms with Gasteiger partial charge in [-0.05, 0) is 18.6 Å². The molecule has 18 nitrogen and oxygen atoms in total. The van der Waals surface area contributed by atoms with Crippen molar-refractivity contribution in [3.05, 3.63) is 88.0 Å². The molecule has 18 heteroatoms. The van der Waals surface area contributed by atoms with E-state index in [1.54, 1.807) is 36.4 Å². The Hall–Kier alpha value is -5.57. The Kier molecular flexibility index (Phi) is 10.6. The maximum absolute atomic E-state index is 14.5. The number of carbonyl (C=O) groups is 3. The first-order valence-corrected chi connectivity index (χ1v) is 18.6. The van der Waals surface area contributed by atoms with Crippen molar-refractivity contribution in [2.24, 2.45) is 15.0 Å². The average molecular weight is 798 g/mol. The van der Waals surface area contributed by atoms with E-state index >= 15 is 0 Å². The second-order valence-corrected chi connectivity index (χ2v) is 14.5. The highest BCUT2D eigenvalue weighted by Gasteiger charge is 2.57. The monoisotopic (exact) mass is 797 g/mol. The molecule has 7 N–H and O–H groups in total. The molecule has 1 unspecified atom stereocenters. The van der Waals surface area contributed by atoms with Crippen LogP contribution < -0.4 is 19.5 Å². The highest BCUT2D eigenvalue weighted by molar-refractivity contribution is 6.66. The SMILES string of the molecule is N=C1N=C([O-])C2=NC[NH+](c3ccccc3[C@H]3CCOC[C@H]4O[C@H](Oc5c3cc3c(c5OC[C@H](O)CC=O)C(=O)c5ccccc5C3=O)[C@](O)(CCO)[C@H](O)[C@H]4O)C2=N1. The van der Waals surface area contributed by atoms with Crippen LogP contribution in [0.4, 0.5) is 5.69 Å². The van der Waals surface area contributed by atoms with Gasteiger partial charge in [-0.25, -0.2) is 14.9 Å². The molecule has 2 bridgehead atoms. The van der Waals surface area contributed by atoms with Gasteiger partial charge in [0.15, 0.2) is 41.0 Å². The maximum atomic E-state index is 14.5. The van der Waals surface area contributed by atoms with Crippen molar-refractivity contribution >= 4 is 46.9 Å². The van der Waals surface area contributed by atoms with E-state index in [0.717, 1.165) is 0 Å². The number of amidine groups is 1. The highest BCUT2D eigenvalue weighted by Crippen LogP contribution is 2.49. The van der Waals surface area contributed by atoms with E-state index in [2.05, 4.69) is 15.0 Å². The minimum absolute atomic E-state index is 0.00133. The molecular formula is C40H39N5O13. The van der Waals surface area contributed by atoms with Crippen LogP contribution in [0.5, 0.6) is 11.5 Å². The minimum Gasteiger partial charge on any atom is -0.857 e. The van der Waals surface area contributed by atoms with Gasteiger partial charge in [0.05, 0.1) is 18.3 Å². The average Bonchev–Trinajstić information content (AvgIpc) is 3.63. The fraction of sp³-hybridized carbons (Fsp3) is 0.375. The molecule has 0 aromatic heterocycles. The molecule has 0 radical (unpaired) electrons. The summed E-state index contributed by atoms with van der Waals surface area (Å²) in [4.78, 5) is 53.0. The summed E-state index contributed by atoms with van der Waals surface area (Å²) >= 11 is 0. The number of nitrogens with zero attached hydrogens (tertiary/aromatic N) is 3. The number of rotatable bonds is 9. The topological polar surface area (TPSA) is 278 Å². The largest absolute Gasteiger partial charge is 0.857 e. The predicted octanol–water partition coefficient (Wildman–Crippen LogP) is -1.68. The van der Waals surface area contributed by atoms with Crippen LogP contribution in [-0.2, 0) is 14.3 Å². The number of hydrogen-bond donors (Lipinski definition) is 7. The van der Waals surface area contributed by atoms with Crippen molar-refractivity contribution in [3.63, 3.8) is 0 Å². The molecule has 0 amide bonds. The van der Waals surface area contributed by atoms with Gasteiger partial charge in [-0.1, -0.05) is 42.5 Å². The Labute approximate surface area is 329 Å². The Morgan fingerprint density at radius 2 is 1.79 bits per heavy atom. The van der Waals surface area contributed by atoms with Crippen molar-refractivity contribution in [2.45, 2.75) is 61.5 Å². The molecule has 3 aromatic rings. The number of aliphatic hydroxyl groups is 5. The summed E-state index contributed by atoms with van der Waals surface area (Å²) in [5.41, 5.74) is -1.27. The fourth-order valence-corrected chi connectivity index (χ4v) is 8.10. The summed E-state index contributed by atoms with van der Waals surface area (Å²) in [5.74, 6) is -3.60. The van der Waals surface area contributed by atoms with Crippen LogP contribution >= 0.6 is 0 Å². The van der Waals surface area contributed by atoms with Gasteiger partial charge in [0, 0.05) is 65.7 Å². The fourth-order valence-electron chi connectivity index (χ4n) is 8.10. The van der Waals surface area contributed by atoms with E-state index in [4.69, 9.17) is 24.4 Å². The Morgan fingerprint density at radius 1 is 1.05 bits per heavy atom. The second-order valence-electron chi connectivity index (χ2n) is 14.5. The van der Waals surface area contributed by atoms with Crippen molar-refractivity contribution < 1.29 is 68.9 Å². The normalized spacial score (nSPS) is 28.3. The van der Waals surface area contributed by atoms with Gasteiger partial charge in [-0.2, -0.15) is 4.99 Å². The number of aliphatic imine (C=N–C) groups is 3. The molecule has 4 aliphatic heterocycles. The van der Waals surface area contributed by atoms with Gasteiger partial charge >= 0.3 is 0 Å². The van der Waals surface area contributed by atoms with Crippen molar-refractivity contribution in [3.8, 4) is 11.5 Å². The Balaban J connectivity index is 1.39.